The van der Waals surface area contributed by atoms with Crippen LogP contribution in [0.2, 0.25) is 5.02 Å². The molecule has 0 unspecified atom stereocenters. The standard InChI is InChI=1S/C23H20ClN5O2S/c1-3-28(4-2)18-12-8-17(9-13-18)26-27-23-20(15-25)22(24)21(32-23)14-7-16-5-10-19(11-6-16)29(30)31/h5-14H,3-4H2,1-2H3/b14-7+,27-26?. The zero-order chi connectivity index (χ0) is 23.1. The molecule has 9 heteroatoms. The second kappa shape index (κ2) is 10.7. The van der Waals surface area contributed by atoms with Gasteiger partial charge >= 0.3 is 0 Å². The summed E-state index contributed by atoms with van der Waals surface area (Å²) >= 11 is 7.63. The largest absolute Gasteiger partial charge is 0.372 e. The molecule has 3 aromatic rings. The number of anilines is 1. The molecule has 0 spiro atoms. The Morgan fingerprint density at radius 3 is 2.31 bits per heavy atom. The van der Waals surface area contributed by atoms with Gasteiger partial charge in [-0.05, 0) is 61.9 Å². The Hall–Kier alpha value is -3.54. The van der Waals surface area contributed by atoms with Crippen molar-refractivity contribution in [3.8, 4) is 6.07 Å². The van der Waals surface area contributed by atoms with Crippen molar-refractivity contribution >= 4 is 57.2 Å². The van der Waals surface area contributed by atoms with E-state index in [0.29, 0.717) is 20.6 Å². The molecule has 0 bridgehead atoms. The first-order valence-corrected chi connectivity index (χ1v) is 11.1. The predicted molar refractivity (Wildman–Crippen MR) is 130 cm³/mol. The van der Waals surface area contributed by atoms with Crippen molar-refractivity contribution in [3.05, 3.63) is 79.7 Å². The minimum Gasteiger partial charge on any atom is -0.372 e. The minimum absolute atomic E-state index is 0.0240. The topological polar surface area (TPSA) is 94.9 Å². The Balaban J connectivity index is 1.80. The summed E-state index contributed by atoms with van der Waals surface area (Å²) in [4.78, 5) is 13.2. The summed E-state index contributed by atoms with van der Waals surface area (Å²) in [6, 6.07) is 16.0. The Morgan fingerprint density at radius 2 is 1.75 bits per heavy atom. The summed E-state index contributed by atoms with van der Waals surface area (Å²) in [5, 5.41) is 29.5. The van der Waals surface area contributed by atoms with Gasteiger partial charge < -0.3 is 4.90 Å². The van der Waals surface area contributed by atoms with Crippen molar-refractivity contribution < 1.29 is 4.92 Å². The highest BCUT2D eigenvalue weighted by Gasteiger charge is 2.15. The number of hydrogen-bond acceptors (Lipinski definition) is 7. The van der Waals surface area contributed by atoms with E-state index in [1.807, 2.05) is 24.3 Å². The number of thiophene rings is 1. The molecule has 0 N–H and O–H groups in total. The number of rotatable bonds is 8. The molecule has 2 aromatic carbocycles. The van der Waals surface area contributed by atoms with E-state index in [4.69, 9.17) is 11.6 Å². The van der Waals surface area contributed by atoms with Crippen molar-refractivity contribution in [1.29, 1.82) is 5.26 Å². The summed E-state index contributed by atoms with van der Waals surface area (Å²) < 4.78 is 0. The van der Waals surface area contributed by atoms with E-state index < -0.39 is 4.92 Å². The van der Waals surface area contributed by atoms with Crippen molar-refractivity contribution in [1.82, 2.24) is 0 Å². The van der Waals surface area contributed by atoms with Crippen molar-refractivity contribution in [3.63, 3.8) is 0 Å². The number of azo groups is 1. The fourth-order valence-corrected chi connectivity index (χ4v) is 4.23. The van der Waals surface area contributed by atoms with Gasteiger partial charge in [-0.15, -0.1) is 21.6 Å². The summed E-state index contributed by atoms with van der Waals surface area (Å²) in [5.74, 6) is 0. The molecule has 0 aliphatic rings. The number of halogens is 1. The molecular weight excluding hydrogens is 446 g/mol. The lowest BCUT2D eigenvalue weighted by atomic mass is 10.2. The lowest BCUT2D eigenvalue weighted by Crippen LogP contribution is -2.21. The summed E-state index contributed by atoms with van der Waals surface area (Å²) in [7, 11) is 0. The van der Waals surface area contributed by atoms with Gasteiger partial charge in [0.1, 0.15) is 11.6 Å². The van der Waals surface area contributed by atoms with Crippen LogP contribution in [0.5, 0.6) is 0 Å². The van der Waals surface area contributed by atoms with Crippen molar-refractivity contribution in [2.24, 2.45) is 10.2 Å². The first-order chi connectivity index (χ1) is 15.5. The molecule has 0 radical (unpaired) electrons. The summed E-state index contributed by atoms with van der Waals surface area (Å²) in [5.41, 5.74) is 2.86. The number of nitro groups is 1. The van der Waals surface area contributed by atoms with Crippen LogP contribution in [0.4, 0.5) is 22.1 Å². The van der Waals surface area contributed by atoms with Gasteiger partial charge in [0, 0.05) is 35.8 Å². The monoisotopic (exact) mass is 465 g/mol. The van der Waals surface area contributed by atoms with Crippen LogP contribution in [0, 0.1) is 21.4 Å². The van der Waals surface area contributed by atoms with E-state index in [9.17, 15) is 15.4 Å². The molecule has 0 saturated carbocycles. The Kier molecular flexibility index (Phi) is 7.71. The number of nitro benzene ring substituents is 1. The molecule has 1 aromatic heterocycles. The first kappa shape index (κ1) is 23.1. The lowest BCUT2D eigenvalue weighted by Gasteiger charge is -2.20. The van der Waals surface area contributed by atoms with E-state index in [-0.39, 0.29) is 11.3 Å². The fraction of sp³-hybridized carbons (Fsp3) is 0.174. The lowest BCUT2D eigenvalue weighted by molar-refractivity contribution is -0.384. The smallest absolute Gasteiger partial charge is 0.269 e. The van der Waals surface area contributed by atoms with E-state index in [1.165, 1.54) is 23.5 Å². The molecular formula is C23H20ClN5O2S. The van der Waals surface area contributed by atoms with Crippen molar-refractivity contribution in [2.45, 2.75) is 13.8 Å². The Morgan fingerprint density at radius 1 is 1.09 bits per heavy atom. The van der Waals surface area contributed by atoms with Crippen LogP contribution in [0.25, 0.3) is 12.2 Å². The third kappa shape index (κ3) is 5.38. The maximum atomic E-state index is 10.8. The van der Waals surface area contributed by atoms with E-state index in [0.717, 1.165) is 24.3 Å². The number of nitriles is 1. The maximum absolute atomic E-state index is 10.8. The quantitative estimate of drug-likeness (QED) is 0.194. The van der Waals surface area contributed by atoms with Crippen LogP contribution >= 0.6 is 22.9 Å². The molecule has 3 rings (SSSR count). The highest BCUT2D eigenvalue weighted by Crippen LogP contribution is 2.40. The normalized spacial score (nSPS) is 11.2. The number of nitrogens with zero attached hydrogens (tertiary/aromatic N) is 5. The van der Waals surface area contributed by atoms with Crippen LogP contribution in [0.3, 0.4) is 0 Å². The molecule has 0 saturated heterocycles. The molecule has 1 heterocycles. The second-order valence-corrected chi connectivity index (χ2v) is 8.05. The van der Waals surface area contributed by atoms with Gasteiger partial charge in [-0.3, -0.25) is 10.1 Å². The number of hydrogen-bond donors (Lipinski definition) is 0. The molecule has 32 heavy (non-hydrogen) atoms. The highest BCUT2D eigenvalue weighted by atomic mass is 35.5. The van der Waals surface area contributed by atoms with Gasteiger partial charge in [-0.25, -0.2) is 0 Å². The second-order valence-electron chi connectivity index (χ2n) is 6.64. The van der Waals surface area contributed by atoms with E-state index >= 15 is 0 Å². The van der Waals surface area contributed by atoms with Crippen molar-refractivity contribution in [2.75, 3.05) is 18.0 Å². The molecule has 7 nitrogen and oxygen atoms in total. The first-order valence-electron chi connectivity index (χ1n) is 9.88. The molecule has 0 aliphatic carbocycles. The van der Waals surface area contributed by atoms with E-state index in [2.05, 4.69) is 35.0 Å². The Labute approximate surface area is 195 Å². The zero-order valence-corrected chi connectivity index (χ0v) is 19.1. The molecule has 0 amide bonds. The van der Waals surface area contributed by atoms with Gasteiger partial charge in [0.15, 0.2) is 5.00 Å². The van der Waals surface area contributed by atoms with Crippen LogP contribution < -0.4 is 4.90 Å². The van der Waals surface area contributed by atoms with Gasteiger partial charge in [-0.2, -0.15) is 5.26 Å². The molecule has 0 fully saturated rings. The molecule has 0 aliphatic heterocycles. The van der Waals surface area contributed by atoms with Crippen LogP contribution in [-0.2, 0) is 0 Å². The molecule has 0 atom stereocenters. The highest BCUT2D eigenvalue weighted by molar-refractivity contribution is 7.17. The zero-order valence-electron chi connectivity index (χ0n) is 17.5. The van der Waals surface area contributed by atoms with Gasteiger partial charge in [0.25, 0.3) is 5.69 Å². The van der Waals surface area contributed by atoms with Crippen LogP contribution in [-0.4, -0.2) is 18.0 Å². The fourth-order valence-electron chi connectivity index (χ4n) is 2.99. The van der Waals surface area contributed by atoms with Gasteiger partial charge in [0.05, 0.1) is 15.6 Å². The van der Waals surface area contributed by atoms with Gasteiger partial charge in [0.2, 0.25) is 0 Å². The van der Waals surface area contributed by atoms with Gasteiger partial charge in [-0.1, -0.05) is 17.7 Å². The van der Waals surface area contributed by atoms with Crippen LogP contribution in [0.1, 0.15) is 29.9 Å². The summed E-state index contributed by atoms with van der Waals surface area (Å²) in [6.07, 6.45) is 3.53. The average Bonchev–Trinajstić information content (AvgIpc) is 3.12. The third-order valence-corrected chi connectivity index (χ3v) is 6.28. The number of non-ortho nitro benzene ring substituents is 1. The molecule has 162 valence electrons. The maximum Gasteiger partial charge on any atom is 0.269 e. The number of benzene rings is 2. The third-order valence-electron chi connectivity index (χ3n) is 4.73. The average molecular weight is 466 g/mol. The van der Waals surface area contributed by atoms with E-state index in [1.54, 1.807) is 24.3 Å². The summed E-state index contributed by atoms with van der Waals surface area (Å²) in [6.45, 7) is 6.06. The van der Waals surface area contributed by atoms with Crippen LogP contribution in [0.15, 0.2) is 58.8 Å². The minimum atomic E-state index is -0.447. The SMILES string of the molecule is CCN(CC)c1ccc(N=Nc2sc(/C=C/c3ccc([N+](=O)[O-])cc3)c(Cl)c2C#N)cc1. The predicted octanol–water partition coefficient (Wildman–Crippen LogP) is 7.61. The Bertz CT molecular complexity index is 1190.